The van der Waals surface area contributed by atoms with Gasteiger partial charge in [0, 0.05) is 19.8 Å². The van der Waals surface area contributed by atoms with Gasteiger partial charge >= 0.3 is 0 Å². The van der Waals surface area contributed by atoms with Crippen molar-refractivity contribution in [1.29, 1.82) is 0 Å². The molecule has 2 aromatic heterocycles. The largest absolute Gasteiger partial charge is 0.378 e. The predicted molar refractivity (Wildman–Crippen MR) is 59.9 cm³/mol. The molecule has 2 rings (SSSR count). The van der Waals surface area contributed by atoms with E-state index in [0.717, 1.165) is 16.6 Å². The van der Waals surface area contributed by atoms with Crippen LogP contribution in [0.15, 0.2) is 23.8 Å². The highest BCUT2D eigenvalue weighted by atomic mass is 35.5. The molecule has 0 saturated carbocycles. The number of halogens is 1. The lowest BCUT2D eigenvalue weighted by Gasteiger charge is -1.99. The normalized spacial score (nSPS) is 10.4. The van der Waals surface area contributed by atoms with Gasteiger partial charge in [0.2, 0.25) is 0 Å². The van der Waals surface area contributed by atoms with Crippen LogP contribution in [0.2, 0.25) is 4.34 Å². The van der Waals surface area contributed by atoms with Crippen molar-refractivity contribution >= 4 is 28.6 Å². The van der Waals surface area contributed by atoms with Gasteiger partial charge in [0.25, 0.3) is 0 Å². The standard InChI is InChI=1S/C9H10ClN3S/c1-13-5-8(4-12-13)11-3-7-2-9(10)14-6-7/h2,4-6,11H,3H2,1H3. The summed E-state index contributed by atoms with van der Waals surface area (Å²) in [4.78, 5) is 0. The van der Waals surface area contributed by atoms with Gasteiger partial charge in [-0.2, -0.15) is 5.10 Å². The molecule has 0 aliphatic rings. The first kappa shape index (κ1) is 9.55. The Morgan fingerprint density at radius 3 is 3.07 bits per heavy atom. The van der Waals surface area contributed by atoms with Crippen LogP contribution in [0.25, 0.3) is 0 Å². The number of hydrogen-bond donors (Lipinski definition) is 1. The zero-order valence-corrected chi connectivity index (χ0v) is 9.27. The van der Waals surface area contributed by atoms with Crippen LogP contribution in [0.4, 0.5) is 5.69 Å². The number of nitrogens with zero attached hydrogens (tertiary/aromatic N) is 2. The lowest BCUT2D eigenvalue weighted by molar-refractivity contribution is 0.768. The van der Waals surface area contributed by atoms with Crippen molar-refractivity contribution in [2.45, 2.75) is 6.54 Å². The number of thiophene rings is 1. The Bertz CT molecular complexity index is 381. The molecule has 14 heavy (non-hydrogen) atoms. The third kappa shape index (κ3) is 2.27. The number of aromatic nitrogens is 2. The smallest absolute Gasteiger partial charge is 0.0931 e. The maximum absolute atomic E-state index is 5.82. The second kappa shape index (κ2) is 4.02. The molecule has 0 aliphatic heterocycles. The van der Waals surface area contributed by atoms with Crippen molar-refractivity contribution in [3.8, 4) is 0 Å². The van der Waals surface area contributed by atoms with Crippen LogP contribution in [0.1, 0.15) is 5.56 Å². The summed E-state index contributed by atoms with van der Waals surface area (Å²) in [7, 11) is 1.90. The van der Waals surface area contributed by atoms with Gasteiger partial charge < -0.3 is 5.32 Å². The molecule has 0 aliphatic carbocycles. The molecule has 2 heterocycles. The molecule has 0 aromatic carbocycles. The summed E-state index contributed by atoms with van der Waals surface area (Å²) in [5.74, 6) is 0. The van der Waals surface area contributed by atoms with Crippen molar-refractivity contribution < 1.29 is 0 Å². The van der Waals surface area contributed by atoms with E-state index in [1.54, 1.807) is 22.2 Å². The van der Waals surface area contributed by atoms with Crippen molar-refractivity contribution in [2.24, 2.45) is 7.05 Å². The molecule has 5 heteroatoms. The number of anilines is 1. The Kier molecular flexibility index (Phi) is 2.74. The third-order valence-electron chi connectivity index (χ3n) is 1.82. The SMILES string of the molecule is Cn1cc(NCc2csc(Cl)c2)cn1. The minimum absolute atomic E-state index is 0.787. The summed E-state index contributed by atoms with van der Waals surface area (Å²) in [6.45, 7) is 0.787. The molecule has 74 valence electrons. The molecule has 1 N–H and O–H groups in total. The van der Waals surface area contributed by atoms with Crippen LogP contribution < -0.4 is 5.32 Å². The lowest BCUT2D eigenvalue weighted by atomic mass is 10.3. The zero-order chi connectivity index (χ0) is 9.97. The van der Waals surface area contributed by atoms with E-state index in [9.17, 15) is 0 Å². The van der Waals surface area contributed by atoms with Crippen molar-refractivity contribution in [1.82, 2.24) is 9.78 Å². The molecule has 0 bridgehead atoms. The second-order valence-electron chi connectivity index (χ2n) is 3.02. The van der Waals surface area contributed by atoms with Crippen LogP contribution in [0.3, 0.4) is 0 Å². The summed E-state index contributed by atoms with van der Waals surface area (Å²) in [6.07, 6.45) is 3.74. The summed E-state index contributed by atoms with van der Waals surface area (Å²) >= 11 is 7.37. The summed E-state index contributed by atoms with van der Waals surface area (Å²) in [5, 5.41) is 9.37. The van der Waals surface area contributed by atoms with Crippen LogP contribution in [-0.2, 0) is 13.6 Å². The number of nitrogens with one attached hydrogen (secondary N) is 1. The molecule has 0 radical (unpaired) electrons. The molecule has 3 nitrogen and oxygen atoms in total. The quantitative estimate of drug-likeness (QED) is 0.874. The topological polar surface area (TPSA) is 29.9 Å². The minimum Gasteiger partial charge on any atom is -0.378 e. The lowest BCUT2D eigenvalue weighted by Crippen LogP contribution is -1.96. The van der Waals surface area contributed by atoms with Crippen LogP contribution >= 0.6 is 22.9 Å². The van der Waals surface area contributed by atoms with Gasteiger partial charge in [-0.25, -0.2) is 0 Å². The zero-order valence-electron chi connectivity index (χ0n) is 7.70. The average Bonchev–Trinajstić information content (AvgIpc) is 2.72. The van der Waals surface area contributed by atoms with Crippen LogP contribution in [-0.4, -0.2) is 9.78 Å². The van der Waals surface area contributed by atoms with Gasteiger partial charge in [-0.05, 0) is 17.0 Å². The van der Waals surface area contributed by atoms with E-state index in [0.29, 0.717) is 0 Å². The van der Waals surface area contributed by atoms with Gasteiger partial charge in [-0.1, -0.05) is 11.6 Å². The Balaban J connectivity index is 1.94. The Hall–Kier alpha value is -1.00. The fraction of sp³-hybridized carbons (Fsp3) is 0.222. The molecular weight excluding hydrogens is 218 g/mol. The average molecular weight is 228 g/mol. The summed E-state index contributed by atoms with van der Waals surface area (Å²) in [6, 6.07) is 1.97. The Morgan fingerprint density at radius 1 is 1.64 bits per heavy atom. The van der Waals surface area contributed by atoms with Gasteiger partial charge in [-0.15, -0.1) is 11.3 Å². The first-order chi connectivity index (χ1) is 6.74. The maximum atomic E-state index is 5.82. The molecule has 2 aromatic rings. The molecule has 0 atom stereocenters. The van der Waals surface area contributed by atoms with E-state index < -0.39 is 0 Å². The van der Waals surface area contributed by atoms with Gasteiger partial charge in [0.05, 0.1) is 16.2 Å². The van der Waals surface area contributed by atoms with E-state index in [-0.39, 0.29) is 0 Å². The molecule has 0 fully saturated rings. The highest BCUT2D eigenvalue weighted by Gasteiger charge is 1.98. The fourth-order valence-corrected chi connectivity index (χ4v) is 2.06. The van der Waals surface area contributed by atoms with E-state index in [2.05, 4.69) is 10.4 Å². The number of aryl methyl sites for hydroxylation is 1. The molecular formula is C9H10ClN3S. The molecule has 0 unspecified atom stereocenters. The molecule has 0 amide bonds. The summed E-state index contributed by atoms with van der Waals surface area (Å²) < 4.78 is 2.59. The second-order valence-corrected chi connectivity index (χ2v) is 4.56. The first-order valence-corrected chi connectivity index (χ1v) is 5.45. The Morgan fingerprint density at radius 2 is 2.50 bits per heavy atom. The number of hydrogen-bond acceptors (Lipinski definition) is 3. The van der Waals surface area contributed by atoms with Gasteiger partial charge in [0.15, 0.2) is 0 Å². The monoisotopic (exact) mass is 227 g/mol. The predicted octanol–water partition coefficient (Wildman–Crippen LogP) is 2.75. The highest BCUT2D eigenvalue weighted by molar-refractivity contribution is 7.14. The van der Waals surface area contributed by atoms with Gasteiger partial charge in [0.1, 0.15) is 0 Å². The number of rotatable bonds is 3. The van der Waals surface area contributed by atoms with Crippen LogP contribution in [0, 0.1) is 0 Å². The van der Waals surface area contributed by atoms with Gasteiger partial charge in [-0.3, -0.25) is 4.68 Å². The maximum Gasteiger partial charge on any atom is 0.0931 e. The van der Waals surface area contributed by atoms with E-state index in [4.69, 9.17) is 11.6 Å². The van der Waals surface area contributed by atoms with Crippen molar-refractivity contribution in [3.05, 3.63) is 33.7 Å². The third-order valence-corrected chi connectivity index (χ3v) is 2.96. The summed E-state index contributed by atoms with van der Waals surface area (Å²) in [5.41, 5.74) is 2.22. The van der Waals surface area contributed by atoms with E-state index in [1.807, 2.05) is 24.7 Å². The van der Waals surface area contributed by atoms with E-state index >= 15 is 0 Å². The Labute approximate surface area is 91.3 Å². The minimum atomic E-state index is 0.787. The highest BCUT2D eigenvalue weighted by Crippen LogP contribution is 2.20. The fourth-order valence-electron chi connectivity index (χ4n) is 1.16. The van der Waals surface area contributed by atoms with Crippen molar-refractivity contribution in [2.75, 3.05) is 5.32 Å². The molecule has 0 saturated heterocycles. The van der Waals surface area contributed by atoms with Crippen molar-refractivity contribution in [3.63, 3.8) is 0 Å². The first-order valence-electron chi connectivity index (χ1n) is 4.19. The van der Waals surface area contributed by atoms with Crippen LogP contribution in [0.5, 0.6) is 0 Å². The molecule has 0 spiro atoms. The van der Waals surface area contributed by atoms with E-state index in [1.165, 1.54) is 5.56 Å².